The maximum Gasteiger partial charge on any atom is 0.410 e. The molecule has 0 bridgehead atoms. The Kier molecular flexibility index (Phi) is 3.11. The van der Waals surface area contributed by atoms with Gasteiger partial charge in [-0.05, 0) is 13.0 Å². The molecule has 0 aliphatic carbocycles. The molecule has 2 aliphatic rings. The monoisotopic (exact) mass is 214 g/mol. The van der Waals surface area contributed by atoms with Crippen LogP contribution >= 0.6 is 0 Å². The van der Waals surface area contributed by atoms with Gasteiger partial charge in [-0.2, -0.15) is 0 Å². The van der Waals surface area contributed by atoms with Gasteiger partial charge in [0.25, 0.3) is 0 Å². The SMILES string of the molecule is NCCCN1CCC2(CCOC2)OC1=O. The molecule has 1 unspecified atom stereocenters. The number of carbonyl (C=O) groups excluding carboxylic acids is 1. The van der Waals surface area contributed by atoms with Crippen molar-refractivity contribution in [2.75, 3.05) is 32.8 Å². The molecule has 5 heteroatoms. The predicted octanol–water partition coefficient (Wildman–Crippen LogP) is 0.337. The largest absolute Gasteiger partial charge is 0.440 e. The minimum atomic E-state index is -0.323. The number of carbonyl (C=O) groups is 1. The number of rotatable bonds is 3. The number of hydrogen-bond donors (Lipinski definition) is 1. The van der Waals surface area contributed by atoms with Crippen LogP contribution in [0.15, 0.2) is 0 Å². The molecule has 0 saturated carbocycles. The van der Waals surface area contributed by atoms with Crippen LogP contribution in [-0.2, 0) is 9.47 Å². The highest BCUT2D eigenvalue weighted by molar-refractivity contribution is 5.69. The summed E-state index contributed by atoms with van der Waals surface area (Å²) in [4.78, 5) is 13.4. The Morgan fingerprint density at radius 2 is 2.33 bits per heavy atom. The van der Waals surface area contributed by atoms with Gasteiger partial charge in [-0.25, -0.2) is 4.79 Å². The van der Waals surface area contributed by atoms with E-state index < -0.39 is 0 Å². The third-order valence-corrected chi connectivity index (χ3v) is 3.10. The van der Waals surface area contributed by atoms with Gasteiger partial charge in [-0.15, -0.1) is 0 Å². The molecule has 1 atom stereocenters. The summed E-state index contributed by atoms with van der Waals surface area (Å²) in [6.45, 7) is 3.34. The second-order valence-electron chi connectivity index (χ2n) is 4.23. The molecule has 2 heterocycles. The van der Waals surface area contributed by atoms with Gasteiger partial charge in [0, 0.05) is 25.9 Å². The molecular formula is C10H18N2O3. The summed E-state index contributed by atoms with van der Waals surface area (Å²) < 4.78 is 10.8. The van der Waals surface area contributed by atoms with E-state index >= 15 is 0 Å². The Labute approximate surface area is 89.5 Å². The van der Waals surface area contributed by atoms with Gasteiger partial charge in [0.2, 0.25) is 0 Å². The molecule has 2 aliphatic heterocycles. The first-order valence-corrected chi connectivity index (χ1v) is 5.51. The lowest BCUT2D eigenvalue weighted by atomic mass is 9.97. The van der Waals surface area contributed by atoms with Crippen LogP contribution in [0.25, 0.3) is 0 Å². The second kappa shape index (κ2) is 4.37. The molecule has 2 rings (SSSR count). The molecule has 0 aromatic heterocycles. The fraction of sp³-hybridized carbons (Fsp3) is 0.900. The van der Waals surface area contributed by atoms with Crippen LogP contribution in [0.5, 0.6) is 0 Å². The van der Waals surface area contributed by atoms with Crippen molar-refractivity contribution in [3.05, 3.63) is 0 Å². The average molecular weight is 214 g/mol. The normalized spacial score (nSPS) is 31.0. The summed E-state index contributed by atoms with van der Waals surface area (Å²) in [6.07, 6.45) is 2.34. The van der Waals surface area contributed by atoms with Crippen molar-refractivity contribution in [1.29, 1.82) is 0 Å². The Balaban J connectivity index is 1.88. The smallest absolute Gasteiger partial charge is 0.410 e. The summed E-state index contributed by atoms with van der Waals surface area (Å²) in [5.41, 5.74) is 5.08. The molecule has 2 N–H and O–H groups in total. The van der Waals surface area contributed by atoms with Crippen LogP contribution in [-0.4, -0.2) is 49.4 Å². The maximum atomic E-state index is 11.7. The van der Waals surface area contributed by atoms with Crippen LogP contribution in [0.3, 0.4) is 0 Å². The Bertz CT molecular complexity index is 239. The molecule has 0 aromatic rings. The van der Waals surface area contributed by atoms with Crippen molar-refractivity contribution in [2.45, 2.75) is 24.9 Å². The summed E-state index contributed by atoms with van der Waals surface area (Å²) >= 11 is 0. The van der Waals surface area contributed by atoms with Crippen molar-refractivity contribution in [3.8, 4) is 0 Å². The van der Waals surface area contributed by atoms with Crippen molar-refractivity contribution in [3.63, 3.8) is 0 Å². The van der Waals surface area contributed by atoms with Crippen LogP contribution in [0, 0.1) is 0 Å². The first-order valence-electron chi connectivity index (χ1n) is 5.51. The van der Waals surface area contributed by atoms with E-state index in [2.05, 4.69) is 0 Å². The lowest BCUT2D eigenvalue weighted by Crippen LogP contribution is -2.50. The Morgan fingerprint density at radius 1 is 1.47 bits per heavy atom. The summed E-state index contributed by atoms with van der Waals surface area (Å²) in [5.74, 6) is 0. The Hall–Kier alpha value is -0.810. The zero-order valence-electron chi connectivity index (χ0n) is 8.91. The molecule has 2 fully saturated rings. The van der Waals surface area contributed by atoms with Gasteiger partial charge in [-0.3, -0.25) is 0 Å². The van der Waals surface area contributed by atoms with E-state index in [1.54, 1.807) is 4.90 Å². The van der Waals surface area contributed by atoms with E-state index in [4.69, 9.17) is 15.2 Å². The molecule has 15 heavy (non-hydrogen) atoms. The highest BCUT2D eigenvalue weighted by Gasteiger charge is 2.43. The van der Waals surface area contributed by atoms with E-state index in [1.807, 2.05) is 0 Å². The first kappa shape index (κ1) is 10.7. The average Bonchev–Trinajstić information content (AvgIpc) is 2.66. The summed E-state index contributed by atoms with van der Waals surface area (Å²) in [7, 11) is 0. The van der Waals surface area contributed by atoms with Crippen LogP contribution in [0.4, 0.5) is 4.79 Å². The Morgan fingerprint density at radius 3 is 2.93 bits per heavy atom. The molecule has 0 aromatic carbocycles. The zero-order valence-corrected chi connectivity index (χ0v) is 8.91. The van der Waals surface area contributed by atoms with E-state index in [9.17, 15) is 4.79 Å². The van der Waals surface area contributed by atoms with Crippen molar-refractivity contribution in [1.82, 2.24) is 4.90 Å². The van der Waals surface area contributed by atoms with E-state index in [0.717, 1.165) is 25.8 Å². The lowest BCUT2D eigenvalue weighted by molar-refractivity contribution is -0.0510. The second-order valence-corrected chi connectivity index (χ2v) is 4.23. The van der Waals surface area contributed by atoms with Gasteiger partial charge < -0.3 is 20.1 Å². The summed E-state index contributed by atoms with van der Waals surface area (Å²) in [5, 5.41) is 0. The molecule has 5 nitrogen and oxygen atoms in total. The highest BCUT2D eigenvalue weighted by Crippen LogP contribution is 2.31. The molecular weight excluding hydrogens is 196 g/mol. The highest BCUT2D eigenvalue weighted by atomic mass is 16.6. The number of nitrogens with two attached hydrogens (primary N) is 1. The number of ether oxygens (including phenoxy) is 2. The third kappa shape index (κ3) is 2.23. The van der Waals surface area contributed by atoms with Crippen molar-refractivity contribution < 1.29 is 14.3 Å². The van der Waals surface area contributed by atoms with Crippen LogP contribution in [0.1, 0.15) is 19.3 Å². The molecule has 2 saturated heterocycles. The summed E-state index contributed by atoms with van der Waals surface area (Å²) in [6, 6.07) is 0. The fourth-order valence-electron chi connectivity index (χ4n) is 2.08. The van der Waals surface area contributed by atoms with Gasteiger partial charge in [0.1, 0.15) is 5.60 Å². The van der Waals surface area contributed by atoms with Crippen LogP contribution < -0.4 is 5.73 Å². The maximum absolute atomic E-state index is 11.7. The minimum absolute atomic E-state index is 0.208. The van der Waals surface area contributed by atoms with Crippen LogP contribution in [0.2, 0.25) is 0 Å². The van der Waals surface area contributed by atoms with E-state index in [-0.39, 0.29) is 11.7 Å². The molecule has 1 spiro atoms. The van der Waals surface area contributed by atoms with Gasteiger partial charge in [-0.1, -0.05) is 0 Å². The number of amides is 1. The lowest BCUT2D eigenvalue weighted by Gasteiger charge is -2.37. The first-order chi connectivity index (χ1) is 7.26. The quantitative estimate of drug-likeness (QED) is 0.735. The molecule has 0 radical (unpaired) electrons. The van der Waals surface area contributed by atoms with Gasteiger partial charge in [0.05, 0.1) is 13.2 Å². The molecule has 86 valence electrons. The minimum Gasteiger partial charge on any atom is -0.440 e. The zero-order chi connectivity index (χ0) is 10.7. The van der Waals surface area contributed by atoms with Gasteiger partial charge >= 0.3 is 6.09 Å². The van der Waals surface area contributed by atoms with E-state index in [0.29, 0.717) is 26.3 Å². The molecule has 1 amide bonds. The standard InChI is InChI=1S/C10H18N2O3/c11-4-1-5-12-6-2-10(15-9(12)13)3-7-14-8-10/h1-8,11H2. The van der Waals surface area contributed by atoms with Crippen molar-refractivity contribution >= 4 is 6.09 Å². The topological polar surface area (TPSA) is 64.8 Å². The van der Waals surface area contributed by atoms with Crippen molar-refractivity contribution in [2.24, 2.45) is 5.73 Å². The third-order valence-electron chi connectivity index (χ3n) is 3.10. The number of hydrogen-bond acceptors (Lipinski definition) is 4. The van der Waals surface area contributed by atoms with Gasteiger partial charge in [0.15, 0.2) is 0 Å². The fourth-order valence-corrected chi connectivity index (χ4v) is 2.08. The number of nitrogens with zero attached hydrogens (tertiary/aromatic N) is 1. The van der Waals surface area contributed by atoms with E-state index in [1.165, 1.54) is 0 Å². The predicted molar refractivity (Wildman–Crippen MR) is 54.5 cm³/mol.